The molecule has 0 fully saturated rings. The summed E-state index contributed by atoms with van der Waals surface area (Å²) in [6.45, 7) is 0. The quantitative estimate of drug-likeness (QED) is 0.726. The molecule has 2 aromatic carbocycles. The molecule has 0 radical (unpaired) electrons. The molecule has 0 aliphatic rings. The predicted octanol–water partition coefficient (Wildman–Crippen LogP) is 3.24. The molecule has 4 heteroatoms. The van der Waals surface area contributed by atoms with Crippen LogP contribution in [0.15, 0.2) is 53.6 Å². The third-order valence-electron chi connectivity index (χ3n) is 2.80. The molecule has 0 saturated heterocycles. The fourth-order valence-electron chi connectivity index (χ4n) is 1.92. The van der Waals surface area contributed by atoms with Crippen molar-refractivity contribution < 1.29 is 0 Å². The zero-order valence-electron chi connectivity index (χ0n) is 9.35. The van der Waals surface area contributed by atoms with Gasteiger partial charge in [0.2, 0.25) is 0 Å². The molecule has 3 aromatic rings. The van der Waals surface area contributed by atoms with Crippen molar-refractivity contribution >= 4 is 22.5 Å². The van der Waals surface area contributed by atoms with Crippen LogP contribution in [-0.4, -0.2) is 9.97 Å². The van der Waals surface area contributed by atoms with Crippen LogP contribution in [0.5, 0.6) is 0 Å². The van der Waals surface area contributed by atoms with Crippen molar-refractivity contribution in [1.29, 1.82) is 0 Å². The second kappa shape index (κ2) is 4.27. The van der Waals surface area contributed by atoms with Gasteiger partial charge in [0, 0.05) is 5.02 Å². The van der Waals surface area contributed by atoms with E-state index in [0.29, 0.717) is 15.9 Å². The van der Waals surface area contributed by atoms with Gasteiger partial charge in [-0.2, -0.15) is 0 Å². The first kappa shape index (κ1) is 11.0. The Kier molecular flexibility index (Phi) is 2.61. The summed E-state index contributed by atoms with van der Waals surface area (Å²) in [7, 11) is 0. The molecule has 3 rings (SSSR count). The maximum atomic E-state index is 11.6. The second-order valence-electron chi connectivity index (χ2n) is 3.97. The molecule has 1 N–H and O–H groups in total. The topological polar surface area (TPSA) is 45.8 Å². The van der Waals surface area contributed by atoms with Crippen molar-refractivity contribution in [2.75, 3.05) is 0 Å². The van der Waals surface area contributed by atoms with E-state index in [1.165, 1.54) is 6.33 Å². The highest BCUT2D eigenvalue weighted by Crippen LogP contribution is 2.24. The number of aromatic nitrogens is 2. The molecule has 88 valence electrons. The van der Waals surface area contributed by atoms with Crippen LogP contribution >= 0.6 is 11.6 Å². The molecule has 0 atom stereocenters. The van der Waals surface area contributed by atoms with Crippen LogP contribution in [0.25, 0.3) is 22.0 Å². The van der Waals surface area contributed by atoms with Gasteiger partial charge in [-0.05, 0) is 35.4 Å². The summed E-state index contributed by atoms with van der Waals surface area (Å²) in [5.41, 5.74) is 2.54. The Balaban J connectivity index is 2.23. The summed E-state index contributed by atoms with van der Waals surface area (Å²) in [4.78, 5) is 18.3. The largest absolute Gasteiger partial charge is 0.313 e. The smallest absolute Gasteiger partial charge is 0.258 e. The number of halogens is 1. The van der Waals surface area contributed by atoms with Crippen LogP contribution in [0.1, 0.15) is 0 Å². The van der Waals surface area contributed by atoms with E-state index in [1.54, 1.807) is 6.07 Å². The zero-order valence-corrected chi connectivity index (χ0v) is 10.1. The monoisotopic (exact) mass is 256 g/mol. The molecule has 0 amide bonds. The lowest BCUT2D eigenvalue weighted by molar-refractivity contribution is 1.17. The molecule has 0 saturated carbocycles. The van der Waals surface area contributed by atoms with Gasteiger partial charge >= 0.3 is 0 Å². The van der Waals surface area contributed by atoms with Crippen molar-refractivity contribution in [3.8, 4) is 11.1 Å². The van der Waals surface area contributed by atoms with Crippen LogP contribution in [-0.2, 0) is 0 Å². The molecular weight excluding hydrogens is 248 g/mol. The van der Waals surface area contributed by atoms with E-state index in [-0.39, 0.29) is 5.56 Å². The Bertz CT molecular complexity index is 780. The summed E-state index contributed by atoms with van der Waals surface area (Å²) in [6, 6.07) is 13.1. The summed E-state index contributed by atoms with van der Waals surface area (Å²) in [6.07, 6.45) is 1.41. The zero-order chi connectivity index (χ0) is 12.5. The minimum Gasteiger partial charge on any atom is -0.313 e. The maximum absolute atomic E-state index is 11.6. The van der Waals surface area contributed by atoms with E-state index in [1.807, 2.05) is 36.4 Å². The van der Waals surface area contributed by atoms with Crippen molar-refractivity contribution in [3.63, 3.8) is 0 Å². The average molecular weight is 257 g/mol. The summed E-state index contributed by atoms with van der Waals surface area (Å²) >= 11 is 5.97. The van der Waals surface area contributed by atoms with E-state index < -0.39 is 0 Å². The van der Waals surface area contributed by atoms with Gasteiger partial charge in [-0.25, -0.2) is 4.98 Å². The lowest BCUT2D eigenvalue weighted by Crippen LogP contribution is -2.05. The Labute approximate surface area is 108 Å². The number of rotatable bonds is 1. The molecule has 3 nitrogen and oxygen atoms in total. The molecule has 0 spiro atoms. The van der Waals surface area contributed by atoms with Gasteiger partial charge in [0.15, 0.2) is 0 Å². The lowest BCUT2D eigenvalue weighted by Gasteiger charge is -2.03. The van der Waals surface area contributed by atoms with Crippen LogP contribution in [0.2, 0.25) is 5.02 Å². The molecule has 1 heterocycles. The summed E-state index contributed by atoms with van der Waals surface area (Å²) in [5.74, 6) is 0. The van der Waals surface area contributed by atoms with Crippen molar-refractivity contribution in [2.45, 2.75) is 0 Å². The normalized spacial score (nSPS) is 10.7. The first-order valence-corrected chi connectivity index (χ1v) is 5.85. The van der Waals surface area contributed by atoms with Gasteiger partial charge in [0.1, 0.15) is 0 Å². The third kappa shape index (κ3) is 1.89. The van der Waals surface area contributed by atoms with E-state index in [0.717, 1.165) is 11.1 Å². The highest BCUT2D eigenvalue weighted by atomic mass is 35.5. The molecule has 0 bridgehead atoms. The molecular formula is C14H9ClN2O. The number of aromatic amines is 1. The van der Waals surface area contributed by atoms with E-state index in [2.05, 4.69) is 9.97 Å². The maximum Gasteiger partial charge on any atom is 0.258 e. The van der Waals surface area contributed by atoms with Gasteiger partial charge in [-0.15, -0.1) is 0 Å². The number of benzene rings is 2. The molecule has 18 heavy (non-hydrogen) atoms. The first-order chi connectivity index (χ1) is 8.74. The Morgan fingerprint density at radius 2 is 1.89 bits per heavy atom. The second-order valence-corrected chi connectivity index (χ2v) is 4.41. The number of hydrogen-bond acceptors (Lipinski definition) is 2. The highest BCUT2D eigenvalue weighted by molar-refractivity contribution is 6.30. The van der Waals surface area contributed by atoms with Gasteiger partial charge in [-0.3, -0.25) is 4.79 Å². The number of H-pyrrole nitrogens is 1. The summed E-state index contributed by atoms with van der Waals surface area (Å²) < 4.78 is 0. The van der Waals surface area contributed by atoms with Crippen LogP contribution < -0.4 is 5.56 Å². The van der Waals surface area contributed by atoms with Crippen LogP contribution in [0.4, 0.5) is 0 Å². The fourth-order valence-corrected chi connectivity index (χ4v) is 2.11. The van der Waals surface area contributed by atoms with Crippen molar-refractivity contribution in [3.05, 3.63) is 64.2 Å². The minimum atomic E-state index is -0.127. The third-order valence-corrected chi connectivity index (χ3v) is 3.03. The van der Waals surface area contributed by atoms with Gasteiger partial charge in [-0.1, -0.05) is 29.8 Å². The van der Waals surface area contributed by atoms with Crippen molar-refractivity contribution in [2.24, 2.45) is 0 Å². The number of nitrogens with zero attached hydrogens (tertiary/aromatic N) is 1. The number of hydrogen-bond donors (Lipinski definition) is 1. The molecule has 0 aliphatic carbocycles. The lowest BCUT2D eigenvalue weighted by atomic mass is 10.0. The molecule has 0 unspecified atom stereocenters. The van der Waals surface area contributed by atoms with Gasteiger partial charge in [0.05, 0.1) is 17.2 Å². The average Bonchev–Trinajstić information content (AvgIpc) is 2.39. The Hall–Kier alpha value is -2.13. The predicted molar refractivity (Wildman–Crippen MR) is 72.8 cm³/mol. The van der Waals surface area contributed by atoms with E-state index >= 15 is 0 Å². The standard InChI is InChI=1S/C14H9ClN2O/c15-11-3-1-2-9(6-11)10-4-5-12-13(7-10)16-8-17-14(12)18/h1-8H,(H,16,17,18). The van der Waals surface area contributed by atoms with Crippen LogP contribution in [0, 0.1) is 0 Å². The van der Waals surface area contributed by atoms with Gasteiger partial charge in [0.25, 0.3) is 5.56 Å². The summed E-state index contributed by atoms with van der Waals surface area (Å²) in [5, 5.41) is 1.27. The Morgan fingerprint density at radius 1 is 1.06 bits per heavy atom. The van der Waals surface area contributed by atoms with E-state index in [9.17, 15) is 4.79 Å². The SMILES string of the molecule is O=c1[nH]cnc2cc(-c3cccc(Cl)c3)ccc12. The Morgan fingerprint density at radius 3 is 2.72 bits per heavy atom. The first-order valence-electron chi connectivity index (χ1n) is 5.47. The number of nitrogens with one attached hydrogen (secondary N) is 1. The van der Waals surface area contributed by atoms with Gasteiger partial charge < -0.3 is 4.98 Å². The minimum absolute atomic E-state index is 0.127. The molecule has 0 aliphatic heterocycles. The van der Waals surface area contributed by atoms with Crippen molar-refractivity contribution in [1.82, 2.24) is 9.97 Å². The van der Waals surface area contributed by atoms with Crippen LogP contribution in [0.3, 0.4) is 0 Å². The number of fused-ring (bicyclic) bond motifs is 1. The highest BCUT2D eigenvalue weighted by Gasteiger charge is 2.03. The fraction of sp³-hybridized carbons (Fsp3) is 0. The molecule has 1 aromatic heterocycles. The van der Waals surface area contributed by atoms with E-state index in [4.69, 9.17) is 11.6 Å².